The Labute approximate surface area is 212 Å². The van der Waals surface area contributed by atoms with E-state index in [1.165, 1.54) is 0 Å². The Morgan fingerprint density at radius 3 is 2.32 bits per heavy atom. The fraction of sp³-hybridized carbons (Fsp3) is 0.308. The molecule has 2 aliphatic heterocycles. The number of amides is 5. The lowest BCUT2D eigenvalue weighted by Gasteiger charge is -2.17. The minimum absolute atomic E-state index is 0.0223. The topological polar surface area (TPSA) is 139 Å². The van der Waals surface area contributed by atoms with Crippen LogP contribution in [0.2, 0.25) is 0 Å². The van der Waals surface area contributed by atoms with Crippen molar-refractivity contribution >= 4 is 47.0 Å². The minimum atomic E-state index is -1.17. The third-order valence-corrected chi connectivity index (χ3v) is 6.29. The van der Waals surface area contributed by atoms with Crippen molar-refractivity contribution in [1.82, 2.24) is 9.96 Å². The summed E-state index contributed by atoms with van der Waals surface area (Å²) in [6, 6.07) is 5.36. The largest absolute Gasteiger partial charge is 0.533 e. The maximum absolute atomic E-state index is 12.5. The van der Waals surface area contributed by atoms with Gasteiger partial charge in [0.2, 0.25) is 5.91 Å². The van der Waals surface area contributed by atoms with Gasteiger partial charge in [0.1, 0.15) is 6.61 Å². The van der Waals surface area contributed by atoms with Gasteiger partial charge in [0.05, 0.1) is 0 Å². The van der Waals surface area contributed by atoms with Crippen molar-refractivity contribution < 1.29 is 38.3 Å². The molecule has 1 saturated heterocycles. The van der Waals surface area contributed by atoms with Crippen molar-refractivity contribution in [3.63, 3.8) is 0 Å². The molecular formula is C26H25N3O8. The van der Waals surface area contributed by atoms with E-state index >= 15 is 0 Å². The molecule has 192 valence electrons. The summed E-state index contributed by atoms with van der Waals surface area (Å²) in [5.74, 6) is -2.87. The van der Waals surface area contributed by atoms with Gasteiger partial charge < -0.3 is 10.1 Å². The molecular weight excluding hydrogens is 482 g/mol. The van der Waals surface area contributed by atoms with E-state index in [-0.39, 0.29) is 44.2 Å². The Morgan fingerprint density at radius 2 is 1.70 bits per heavy atom. The molecule has 0 spiro atoms. The predicted octanol–water partition coefficient (Wildman–Crippen LogP) is 2.60. The average molecular weight is 507 g/mol. The van der Waals surface area contributed by atoms with Crippen LogP contribution in [0, 0.1) is 0 Å². The highest BCUT2D eigenvalue weighted by Gasteiger charge is 2.35. The third-order valence-electron chi connectivity index (χ3n) is 6.29. The van der Waals surface area contributed by atoms with Crippen LogP contribution in [0.5, 0.6) is 0 Å². The van der Waals surface area contributed by atoms with E-state index in [4.69, 9.17) is 9.57 Å². The number of ether oxygens (including phenoxy) is 1. The summed E-state index contributed by atoms with van der Waals surface area (Å²) in [5.41, 5.74) is 4.05. The number of nitrogens with zero attached hydrogens (tertiary/aromatic N) is 2. The lowest BCUT2D eigenvalue weighted by molar-refractivity contribution is -0.177. The van der Waals surface area contributed by atoms with Crippen LogP contribution in [0.15, 0.2) is 48.1 Å². The number of carbonyl (C=O) groups excluding carboxylic acids is 6. The summed E-state index contributed by atoms with van der Waals surface area (Å²) in [6.45, 7) is 3.59. The molecule has 1 aliphatic carbocycles. The normalized spacial score (nSPS) is 20.9. The molecule has 1 aromatic carbocycles. The van der Waals surface area contributed by atoms with E-state index in [1.54, 1.807) is 12.1 Å². The third kappa shape index (κ3) is 5.20. The lowest BCUT2D eigenvalue weighted by atomic mass is 9.97. The number of hydrogen-bond donors (Lipinski definition) is 1. The number of benzene rings is 1. The zero-order valence-electron chi connectivity index (χ0n) is 20.3. The Kier molecular flexibility index (Phi) is 7.32. The average Bonchev–Trinajstić information content (AvgIpc) is 3.48. The van der Waals surface area contributed by atoms with Gasteiger partial charge in [-0.1, -0.05) is 23.3 Å². The second-order valence-corrected chi connectivity index (χ2v) is 8.49. The number of fused-ring (bicyclic) bond motifs is 1. The van der Waals surface area contributed by atoms with Gasteiger partial charge in [-0.25, -0.2) is 4.79 Å². The van der Waals surface area contributed by atoms with E-state index in [9.17, 15) is 28.8 Å². The van der Waals surface area contributed by atoms with Crippen LogP contribution in [0.3, 0.4) is 0 Å². The number of anilines is 1. The zero-order valence-corrected chi connectivity index (χ0v) is 20.3. The van der Waals surface area contributed by atoms with Crippen LogP contribution in [-0.2, 0) is 33.5 Å². The number of hydrogen-bond acceptors (Lipinski definition) is 8. The van der Waals surface area contributed by atoms with Gasteiger partial charge in [0.25, 0.3) is 23.6 Å². The van der Waals surface area contributed by atoms with Crippen molar-refractivity contribution in [1.29, 1.82) is 0 Å². The number of nitrogens with one attached hydrogen (secondary N) is 1. The van der Waals surface area contributed by atoms with Crippen molar-refractivity contribution in [2.45, 2.75) is 39.0 Å². The van der Waals surface area contributed by atoms with Gasteiger partial charge in [-0.15, -0.1) is 0 Å². The zero-order chi connectivity index (χ0) is 26.7. The van der Waals surface area contributed by atoms with E-state index in [0.717, 1.165) is 39.3 Å². The molecule has 1 fully saturated rings. The molecule has 0 aromatic heterocycles. The fourth-order valence-electron chi connectivity index (χ4n) is 4.54. The van der Waals surface area contributed by atoms with Gasteiger partial charge >= 0.3 is 6.16 Å². The molecule has 1 aromatic rings. The quantitative estimate of drug-likeness (QED) is 0.439. The van der Waals surface area contributed by atoms with Gasteiger partial charge in [0, 0.05) is 49.6 Å². The summed E-state index contributed by atoms with van der Waals surface area (Å²) < 4.78 is 5.26. The lowest BCUT2D eigenvalue weighted by Crippen LogP contribution is -2.33. The number of imide groups is 2. The first-order valence-corrected chi connectivity index (χ1v) is 11.7. The van der Waals surface area contributed by atoms with Crippen LogP contribution in [-0.4, -0.2) is 58.8 Å². The van der Waals surface area contributed by atoms with Crippen LogP contribution in [0.25, 0.3) is 5.57 Å². The van der Waals surface area contributed by atoms with E-state index < -0.39 is 29.8 Å². The fourth-order valence-corrected chi connectivity index (χ4v) is 4.54. The maximum Gasteiger partial charge on any atom is 0.533 e. The van der Waals surface area contributed by atoms with Gasteiger partial charge in [-0.2, -0.15) is 0 Å². The molecule has 11 nitrogen and oxygen atoms in total. The highest BCUT2D eigenvalue weighted by molar-refractivity contribution is 6.13. The molecule has 1 unspecified atom stereocenters. The molecule has 5 amide bonds. The first-order chi connectivity index (χ1) is 17.7. The smallest absolute Gasteiger partial charge is 0.432 e. The van der Waals surface area contributed by atoms with E-state index in [2.05, 4.69) is 5.32 Å². The maximum atomic E-state index is 12.5. The van der Waals surface area contributed by atoms with Crippen molar-refractivity contribution in [2.24, 2.45) is 0 Å². The van der Waals surface area contributed by atoms with Crippen molar-refractivity contribution in [3.05, 3.63) is 59.2 Å². The summed E-state index contributed by atoms with van der Waals surface area (Å²) >= 11 is 0. The van der Waals surface area contributed by atoms with E-state index in [0.29, 0.717) is 10.8 Å². The standard InChI is InChI=1S/C26H25N3O8/c1-3-16-17(4-2)20(14-36-26(35)37-29-24(33)9-10-25(29)34)19-13-15(5-6-18(16)19)27-21(30)11-12-28-22(31)7-8-23(28)32/h3-8,13,20H,9-12,14H2,1-2H3,(H,27,30)/b16-3+,17-4?. The molecule has 2 heterocycles. The molecule has 3 aliphatic rings. The summed E-state index contributed by atoms with van der Waals surface area (Å²) in [7, 11) is 0. The number of rotatable bonds is 7. The molecule has 37 heavy (non-hydrogen) atoms. The van der Waals surface area contributed by atoms with Crippen molar-refractivity contribution in [2.75, 3.05) is 18.5 Å². The summed E-state index contributed by atoms with van der Waals surface area (Å²) in [5, 5.41) is 3.20. The van der Waals surface area contributed by atoms with E-state index in [1.807, 2.05) is 32.1 Å². The number of carbonyl (C=O) groups is 6. The highest BCUT2D eigenvalue weighted by Crippen LogP contribution is 2.46. The number of hydroxylamine groups is 2. The number of allylic oxidation sites excluding steroid dienone is 3. The molecule has 0 bridgehead atoms. The second-order valence-electron chi connectivity index (χ2n) is 8.49. The van der Waals surface area contributed by atoms with Gasteiger partial charge in [-0.05, 0) is 48.3 Å². The predicted molar refractivity (Wildman–Crippen MR) is 129 cm³/mol. The molecule has 11 heteroatoms. The molecule has 1 atom stereocenters. The van der Waals surface area contributed by atoms with Crippen LogP contribution in [0.1, 0.15) is 50.2 Å². The molecule has 0 radical (unpaired) electrons. The molecule has 4 rings (SSSR count). The summed E-state index contributed by atoms with van der Waals surface area (Å²) in [6.07, 6.45) is 4.89. The van der Waals surface area contributed by atoms with Crippen molar-refractivity contribution in [3.8, 4) is 0 Å². The Hall–Kier alpha value is -4.54. The SMILES string of the molecule is CC=C1/C(=C\C)c2ccc(NC(=O)CCN3C(=O)C=CC3=O)cc2C1COC(=O)ON1C(=O)CCC1=O. The van der Waals surface area contributed by atoms with Crippen LogP contribution < -0.4 is 5.32 Å². The van der Waals surface area contributed by atoms with Gasteiger partial charge in [0.15, 0.2) is 0 Å². The Balaban J connectivity index is 1.44. The van der Waals surface area contributed by atoms with Gasteiger partial charge in [-0.3, -0.25) is 33.7 Å². The van der Waals surface area contributed by atoms with Crippen LogP contribution >= 0.6 is 0 Å². The minimum Gasteiger partial charge on any atom is -0.432 e. The Morgan fingerprint density at radius 1 is 1.03 bits per heavy atom. The Bertz CT molecular complexity index is 1260. The summed E-state index contributed by atoms with van der Waals surface area (Å²) in [4.78, 5) is 77.2. The highest BCUT2D eigenvalue weighted by atomic mass is 16.8. The second kappa shape index (κ2) is 10.6. The molecule has 0 saturated carbocycles. The molecule has 1 N–H and O–H groups in total. The first-order valence-electron chi connectivity index (χ1n) is 11.7. The first kappa shape index (κ1) is 25.5. The monoisotopic (exact) mass is 507 g/mol. The van der Waals surface area contributed by atoms with Crippen LogP contribution in [0.4, 0.5) is 10.5 Å².